The number of nitrogens with one attached hydrogen (secondary N) is 1. The number of H-pyrrole nitrogens is 1. The lowest BCUT2D eigenvalue weighted by Gasteiger charge is -2.13. The highest BCUT2D eigenvalue weighted by Crippen LogP contribution is 2.32. The Hall–Kier alpha value is -2.38. The fourth-order valence-electron chi connectivity index (χ4n) is 3.13. The van der Waals surface area contributed by atoms with Crippen LogP contribution in [0.1, 0.15) is 12.2 Å². The molecule has 3 aromatic rings. The second kappa shape index (κ2) is 5.36. The van der Waals surface area contributed by atoms with E-state index in [1.807, 2.05) is 12.1 Å². The molecule has 0 unspecified atom stereocenters. The molecule has 2 N–H and O–H groups in total. The normalized spacial score (nSPS) is 19.0. The predicted molar refractivity (Wildman–Crippen MR) is 84.6 cm³/mol. The van der Waals surface area contributed by atoms with Crippen LogP contribution in [0.4, 0.5) is 0 Å². The summed E-state index contributed by atoms with van der Waals surface area (Å²) in [5, 5.41) is 10.3. The van der Waals surface area contributed by atoms with Crippen molar-refractivity contribution in [2.24, 2.45) is 0 Å². The van der Waals surface area contributed by atoms with E-state index in [-0.39, 0.29) is 17.2 Å². The molecule has 4 rings (SSSR count). The maximum absolute atomic E-state index is 12.3. The molecule has 0 aliphatic carbocycles. The molecule has 0 radical (unpaired) electrons. The summed E-state index contributed by atoms with van der Waals surface area (Å²) in [4.78, 5) is 21.7. The number of furan rings is 1. The third-order valence-corrected chi connectivity index (χ3v) is 4.20. The van der Waals surface area contributed by atoms with Gasteiger partial charge in [-0.1, -0.05) is 6.07 Å². The maximum atomic E-state index is 12.3. The Labute approximate surface area is 131 Å². The molecule has 1 fully saturated rings. The summed E-state index contributed by atoms with van der Waals surface area (Å²) in [6.45, 7) is 1.87. The Morgan fingerprint density at radius 3 is 3.13 bits per heavy atom. The zero-order valence-corrected chi connectivity index (χ0v) is 12.7. The second-order valence-corrected chi connectivity index (χ2v) is 5.80. The highest BCUT2D eigenvalue weighted by Gasteiger charge is 2.22. The summed E-state index contributed by atoms with van der Waals surface area (Å²) < 4.78 is 11.0. The van der Waals surface area contributed by atoms with E-state index < -0.39 is 0 Å². The number of aliphatic hydroxyl groups excluding tert-OH is 1. The number of ether oxygens (including phenoxy) is 1. The van der Waals surface area contributed by atoms with E-state index >= 15 is 0 Å². The molecule has 0 amide bonds. The van der Waals surface area contributed by atoms with Gasteiger partial charge in [0.05, 0.1) is 25.1 Å². The molecule has 7 nitrogen and oxygen atoms in total. The highest BCUT2D eigenvalue weighted by molar-refractivity contribution is 6.05. The minimum Gasteiger partial charge on any atom is -0.496 e. The van der Waals surface area contributed by atoms with Crippen molar-refractivity contribution in [2.45, 2.75) is 19.1 Å². The number of methoxy groups -OCH3 is 1. The number of aliphatic hydroxyl groups is 1. The minimum atomic E-state index is -0.305. The molecule has 2 aromatic heterocycles. The van der Waals surface area contributed by atoms with Crippen molar-refractivity contribution < 1.29 is 14.3 Å². The summed E-state index contributed by atoms with van der Waals surface area (Å²) in [6.07, 6.45) is 0.440. The zero-order valence-electron chi connectivity index (χ0n) is 12.7. The average Bonchev–Trinajstić information content (AvgIpc) is 3.11. The van der Waals surface area contributed by atoms with Gasteiger partial charge in [0.25, 0.3) is 5.56 Å². The summed E-state index contributed by atoms with van der Waals surface area (Å²) >= 11 is 0. The number of hydrogen-bond acceptors (Lipinski definition) is 6. The molecule has 1 saturated heterocycles. The van der Waals surface area contributed by atoms with Crippen LogP contribution in [-0.4, -0.2) is 46.3 Å². The van der Waals surface area contributed by atoms with Gasteiger partial charge in [0.2, 0.25) is 5.58 Å². The smallest absolute Gasteiger partial charge is 0.294 e. The van der Waals surface area contributed by atoms with Gasteiger partial charge in [0.1, 0.15) is 22.7 Å². The average molecular weight is 315 g/mol. The number of rotatable bonds is 3. The minimum absolute atomic E-state index is 0.203. The van der Waals surface area contributed by atoms with E-state index in [0.717, 1.165) is 13.0 Å². The molecular weight excluding hydrogens is 298 g/mol. The topological polar surface area (TPSA) is 91.6 Å². The molecule has 0 spiro atoms. The van der Waals surface area contributed by atoms with Crippen LogP contribution in [0.5, 0.6) is 5.75 Å². The van der Waals surface area contributed by atoms with Crippen LogP contribution in [0.3, 0.4) is 0 Å². The number of nitrogens with zero attached hydrogens (tertiary/aromatic N) is 2. The Morgan fingerprint density at radius 2 is 2.39 bits per heavy atom. The third-order valence-electron chi connectivity index (χ3n) is 4.20. The number of aromatic amines is 1. The van der Waals surface area contributed by atoms with Crippen molar-refractivity contribution >= 4 is 22.1 Å². The zero-order chi connectivity index (χ0) is 16.0. The number of benzene rings is 1. The quantitative estimate of drug-likeness (QED) is 0.756. The number of likely N-dealkylation sites (tertiary alicyclic amines) is 1. The summed E-state index contributed by atoms with van der Waals surface area (Å²) in [7, 11) is 1.58. The van der Waals surface area contributed by atoms with Gasteiger partial charge in [0, 0.05) is 13.1 Å². The van der Waals surface area contributed by atoms with Crippen LogP contribution in [0.2, 0.25) is 0 Å². The monoisotopic (exact) mass is 315 g/mol. The van der Waals surface area contributed by atoms with Gasteiger partial charge in [-0.2, -0.15) is 0 Å². The maximum Gasteiger partial charge on any atom is 0.294 e. The molecule has 1 atom stereocenters. The molecule has 1 aromatic carbocycles. The fraction of sp³-hybridized carbons (Fsp3) is 0.375. The van der Waals surface area contributed by atoms with Gasteiger partial charge >= 0.3 is 0 Å². The molecule has 3 heterocycles. The Balaban J connectivity index is 1.85. The molecule has 1 aliphatic heterocycles. The largest absolute Gasteiger partial charge is 0.496 e. The van der Waals surface area contributed by atoms with Gasteiger partial charge in [-0.25, -0.2) is 4.98 Å². The lowest BCUT2D eigenvalue weighted by atomic mass is 10.2. The summed E-state index contributed by atoms with van der Waals surface area (Å²) in [6, 6.07) is 5.41. The number of fused-ring (bicyclic) bond motifs is 3. The van der Waals surface area contributed by atoms with E-state index in [1.54, 1.807) is 13.2 Å². The van der Waals surface area contributed by atoms with Crippen LogP contribution in [0, 0.1) is 0 Å². The summed E-state index contributed by atoms with van der Waals surface area (Å²) in [5.41, 5.74) is 0.986. The van der Waals surface area contributed by atoms with Crippen LogP contribution < -0.4 is 10.3 Å². The molecule has 120 valence electrons. The SMILES string of the molecule is COc1cccc2oc3c(=O)[nH]c(CN4CC[C@H](O)C4)nc3c12. The first kappa shape index (κ1) is 14.2. The van der Waals surface area contributed by atoms with Gasteiger partial charge in [0.15, 0.2) is 0 Å². The molecule has 7 heteroatoms. The van der Waals surface area contributed by atoms with Gasteiger partial charge in [-0.05, 0) is 18.6 Å². The standard InChI is InChI=1S/C16H17N3O4/c1-22-10-3-2-4-11-13(10)14-15(23-11)16(21)18-12(17-14)8-19-6-5-9(20)7-19/h2-4,9,20H,5-8H2,1H3,(H,17,18,21)/t9-/m0/s1. The van der Waals surface area contributed by atoms with Gasteiger partial charge < -0.3 is 19.2 Å². The van der Waals surface area contributed by atoms with Gasteiger partial charge in [-0.3, -0.25) is 9.69 Å². The van der Waals surface area contributed by atoms with Crippen LogP contribution in [0.25, 0.3) is 22.1 Å². The fourth-order valence-corrected chi connectivity index (χ4v) is 3.13. The lowest BCUT2D eigenvalue weighted by molar-refractivity contribution is 0.174. The first-order valence-electron chi connectivity index (χ1n) is 7.54. The number of β-amino-alcohol motifs (C(OH)–C–C–N with tert-alkyl or cyclic N) is 1. The van der Waals surface area contributed by atoms with Crippen molar-refractivity contribution in [3.05, 3.63) is 34.4 Å². The van der Waals surface area contributed by atoms with E-state index in [0.29, 0.717) is 41.1 Å². The Kier molecular flexibility index (Phi) is 3.32. The molecule has 0 saturated carbocycles. The van der Waals surface area contributed by atoms with E-state index in [9.17, 15) is 9.90 Å². The highest BCUT2D eigenvalue weighted by atomic mass is 16.5. The van der Waals surface area contributed by atoms with E-state index in [4.69, 9.17) is 9.15 Å². The van der Waals surface area contributed by atoms with Crippen molar-refractivity contribution in [3.63, 3.8) is 0 Å². The third kappa shape index (κ3) is 2.38. The predicted octanol–water partition coefficient (Wildman–Crippen LogP) is 1.24. The molecule has 1 aliphatic rings. The Bertz CT molecular complexity index is 930. The Morgan fingerprint density at radius 1 is 1.52 bits per heavy atom. The van der Waals surface area contributed by atoms with Crippen molar-refractivity contribution in [1.82, 2.24) is 14.9 Å². The molecule has 0 bridgehead atoms. The van der Waals surface area contributed by atoms with Crippen LogP contribution in [-0.2, 0) is 6.54 Å². The van der Waals surface area contributed by atoms with Crippen molar-refractivity contribution in [3.8, 4) is 5.75 Å². The molecular formula is C16H17N3O4. The van der Waals surface area contributed by atoms with Gasteiger partial charge in [-0.15, -0.1) is 0 Å². The van der Waals surface area contributed by atoms with Crippen molar-refractivity contribution in [1.29, 1.82) is 0 Å². The number of aromatic nitrogens is 2. The van der Waals surface area contributed by atoms with Crippen LogP contribution >= 0.6 is 0 Å². The van der Waals surface area contributed by atoms with Crippen molar-refractivity contribution in [2.75, 3.05) is 20.2 Å². The van der Waals surface area contributed by atoms with E-state index in [1.165, 1.54) is 0 Å². The first-order valence-corrected chi connectivity index (χ1v) is 7.54. The molecule has 23 heavy (non-hydrogen) atoms. The first-order chi connectivity index (χ1) is 11.2. The van der Waals surface area contributed by atoms with E-state index in [2.05, 4.69) is 14.9 Å². The van der Waals surface area contributed by atoms with Crippen LogP contribution in [0.15, 0.2) is 27.4 Å². The number of hydrogen-bond donors (Lipinski definition) is 2. The summed E-state index contributed by atoms with van der Waals surface area (Å²) in [5.74, 6) is 1.19. The lowest BCUT2D eigenvalue weighted by Crippen LogP contribution is -2.24. The second-order valence-electron chi connectivity index (χ2n) is 5.80.